The molecule has 0 bridgehead atoms. The first-order valence-electron chi connectivity index (χ1n) is 12.0. The van der Waals surface area contributed by atoms with Gasteiger partial charge in [-0.1, -0.05) is 48.0 Å². The van der Waals surface area contributed by atoms with Crippen LogP contribution < -0.4 is 14.4 Å². The van der Waals surface area contributed by atoms with Gasteiger partial charge in [0.15, 0.2) is 0 Å². The molecule has 4 aromatic carbocycles. The van der Waals surface area contributed by atoms with Gasteiger partial charge in [0.05, 0.1) is 29.3 Å². The van der Waals surface area contributed by atoms with Gasteiger partial charge in [-0.3, -0.25) is 14.5 Å². The summed E-state index contributed by atoms with van der Waals surface area (Å²) in [6.07, 6.45) is 0. The summed E-state index contributed by atoms with van der Waals surface area (Å²) in [4.78, 5) is 28.1. The summed E-state index contributed by atoms with van der Waals surface area (Å²) in [5.41, 5.74) is 1.29. The van der Waals surface area contributed by atoms with Crippen LogP contribution in [0.5, 0.6) is 17.2 Å². The van der Waals surface area contributed by atoms with E-state index in [9.17, 15) is 19.1 Å². The van der Waals surface area contributed by atoms with Crippen molar-refractivity contribution in [3.63, 3.8) is 0 Å². The number of benzene rings is 4. The number of hydrogen-bond acceptors (Lipinski definition) is 5. The number of halogens is 2. The third-order valence-electron chi connectivity index (χ3n) is 6.33. The molecular formula is C31H23ClFNO5. The van der Waals surface area contributed by atoms with Crippen molar-refractivity contribution in [3.8, 4) is 17.2 Å². The van der Waals surface area contributed by atoms with Crippen molar-refractivity contribution in [2.24, 2.45) is 0 Å². The molecular weight excluding hydrogens is 521 g/mol. The molecule has 0 aliphatic carbocycles. The second-order valence-corrected chi connectivity index (χ2v) is 9.37. The number of methoxy groups -OCH3 is 1. The van der Waals surface area contributed by atoms with Crippen LogP contribution in [0.1, 0.15) is 22.7 Å². The lowest BCUT2D eigenvalue weighted by Crippen LogP contribution is -2.29. The van der Waals surface area contributed by atoms with Crippen molar-refractivity contribution in [3.05, 3.63) is 124 Å². The zero-order valence-corrected chi connectivity index (χ0v) is 21.8. The van der Waals surface area contributed by atoms with E-state index in [0.717, 1.165) is 6.07 Å². The lowest BCUT2D eigenvalue weighted by molar-refractivity contribution is -0.132. The number of amides is 1. The number of nitrogens with zero attached hydrogens (tertiary/aromatic N) is 1. The van der Waals surface area contributed by atoms with Gasteiger partial charge in [0.1, 0.15) is 28.8 Å². The van der Waals surface area contributed by atoms with E-state index in [1.807, 2.05) is 18.2 Å². The van der Waals surface area contributed by atoms with E-state index in [0.29, 0.717) is 22.6 Å². The molecule has 1 N–H and O–H groups in total. The number of aryl methyl sites for hydroxylation is 1. The van der Waals surface area contributed by atoms with Crippen LogP contribution in [0.3, 0.4) is 0 Å². The molecule has 1 aliphatic rings. The van der Waals surface area contributed by atoms with E-state index in [1.165, 1.54) is 30.2 Å². The van der Waals surface area contributed by atoms with Crippen LogP contribution in [0, 0.1) is 12.7 Å². The summed E-state index contributed by atoms with van der Waals surface area (Å²) in [5.74, 6) is -1.71. The minimum atomic E-state index is -1.10. The molecule has 0 radical (unpaired) electrons. The van der Waals surface area contributed by atoms with E-state index < -0.39 is 29.3 Å². The van der Waals surface area contributed by atoms with Crippen molar-refractivity contribution in [1.29, 1.82) is 0 Å². The molecule has 1 saturated heterocycles. The highest BCUT2D eigenvalue weighted by atomic mass is 35.5. The summed E-state index contributed by atoms with van der Waals surface area (Å²) in [6.45, 7) is 1.77. The van der Waals surface area contributed by atoms with E-state index >= 15 is 0 Å². The molecule has 1 fully saturated rings. The number of aliphatic hydroxyl groups is 1. The Bertz CT molecular complexity index is 1620. The minimum absolute atomic E-state index is 0.150. The monoisotopic (exact) mass is 543 g/mol. The minimum Gasteiger partial charge on any atom is -0.507 e. The van der Waals surface area contributed by atoms with Gasteiger partial charge in [-0.2, -0.15) is 0 Å². The predicted molar refractivity (Wildman–Crippen MR) is 147 cm³/mol. The zero-order chi connectivity index (χ0) is 27.7. The Hall–Kier alpha value is -4.62. The summed E-state index contributed by atoms with van der Waals surface area (Å²) in [5, 5.41) is 11.8. The number of ketones is 1. The van der Waals surface area contributed by atoms with Crippen molar-refractivity contribution < 1.29 is 28.6 Å². The van der Waals surface area contributed by atoms with Gasteiger partial charge < -0.3 is 14.6 Å². The van der Waals surface area contributed by atoms with E-state index in [1.54, 1.807) is 55.5 Å². The van der Waals surface area contributed by atoms with Crippen molar-refractivity contribution in [2.45, 2.75) is 13.0 Å². The van der Waals surface area contributed by atoms with Crippen LogP contribution in [-0.2, 0) is 9.59 Å². The van der Waals surface area contributed by atoms with E-state index in [-0.39, 0.29) is 27.6 Å². The number of para-hydroxylation sites is 1. The number of hydrogen-bond donors (Lipinski definition) is 1. The number of carbonyl (C=O) groups excluding carboxylic acids is 2. The Morgan fingerprint density at radius 1 is 0.923 bits per heavy atom. The number of carbonyl (C=O) groups is 2. The maximum atomic E-state index is 14.3. The van der Waals surface area contributed by atoms with Gasteiger partial charge in [-0.15, -0.1) is 0 Å². The molecule has 39 heavy (non-hydrogen) atoms. The molecule has 5 rings (SSSR count). The third kappa shape index (κ3) is 4.96. The number of rotatable bonds is 6. The van der Waals surface area contributed by atoms with Crippen LogP contribution in [-0.4, -0.2) is 23.9 Å². The fourth-order valence-electron chi connectivity index (χ4n) is 4.67. The largest absolute Gasteiger partial charge is 0.507 e. The molecule has 6 nitrogen and oxygen atoms in total. The van der Waals surface area contributed by atoms with Gasteiger partial charge >= 0.3 is 0 Å². The van der Waals surface area contributed by atoms with Crippen molar-refractivity contribution in [1.82, 2.24) is 0 Å². The Kier molecular flexibility index (Phi) is 7.09. The first kappa shape index (κ1) is 26.0. The molecule has 1 amide bonds. The Labute approximate surface area is 229 Å². The molecule has 1 atom stereocenters. The second kappa shape index (κ2) is 10.6. The summed E-state index contributed by atoms with van der Waals surface area (Å²) in [6, 6.07) is 23.5. The molecule has 0 aromatic heterocycles. The predicted octanol–water partition coefficient (Wildman–Crippen LogP) is 7.21. The molecule has 196 valence electrons. The average Bonchev–Trinajstić information content (AvgIpc) is 3.19. The third-order valence-corrected chi connectivity index (χ3v) is 6.61. The fraction of sp³-hybridized carbons (Fsp3) is 0.0968. The quantitative estimate of drug-likeness (QED) is 0.158. The highest BCUT2D eigenvalue weighted by molar-refractivity contribution is 6.51. The molecule has 1 unspecified atom stereocenters. The van der Waals surface area contributed by atoms with Gasteiger partial charge in [0.2, 0.25) is 0 Å². The fourth-order valence-corrected chi connectivity index (χ4v) is 5.02. The SMILES string of the molecule is COc1c(Cl)cc(C)cc1/C(O)=C1\C(=O)C(=O)N(c2cccc(F)c2)C1c1cccc(Oc2ccccc2)c1. The van der Waals surface area contributed by atoms with Gasteiger partial charge in [-0.25, -0.2) is 4.39 Å². The lowest BCUT2D eigenvalue weighted by atomic mass is 9.94. The maximum Gasteiger partial charge on any atom is 0.300 e. The average molecular weight is 544 g/mol. The smallest absolute Gasteiger partial charge is 0.300 e. The Balaban J connectivity index is 1.73. The summed E-state index contributed by atoms with van der Waals surface area (Å²) in [7, 11) is 1.39. The number of aliphatic hydroxyl groups excluding tert-OH is 1. The lowest BCUT2D eigenvalue weighted by Gasteiger charge is -2.26. The molecule has 8 heteroatoms. The molecule has 1 aliphatic heterocycles. The highest BCUT2D eigenvalue weighted by Gasteiger charge is 2.47. The first-order chi connectivity index (χ1) is 18.8. The van der Waals surface area contributed by atoms with Gasteiger partial charge in [0, 0.05) is 5.69 Å². The van der Waals surface area contributed by atoms with Gasteiger partial charge in [-0.05, 0) is 72.6 Å². The van der Waals surface area contributed by atoms with Crippen LogP contribution in [0.15, 0.2) is 96.6 Å². The van der Waals surface area contributed by atoms with Crippen LogP contribution in [0.2, 0.25) is 5.02 Å². The molecule has 0 saturated carbocycles. The summed E-state index contributed by atoms with van der Waals surface area (Å²) >= 11 is 6.36. The van der Waals surface area contributed by atoms with Crippen molar-refractivity contribution >= 4 is 34.7 Å². The zero-order valence-electron chi connectivity index (χ0n) is 21.0. The second-order valence-electron chi connectivity index (χ2n) is 8.96. The number of anilines is 1. The van der Waals surface area contributed by atoms with Crippen LogP contribution >= 0.6 is 11.6 Å². The van der Waals surface area contributed by atoms with Crippen molar-refractivity contribution in [2.75, 3.05) is 12.0 Å². The van der Waals surface area contributed by atoms with E-state index in [2.05, 4.69) is 0 Å². The topological polar surface area (TPSA) is 76.1 Å². The van der Waals surface area contributed by atoms with Crippen LogP contribution in [0.4, 0.5) is 10.1 Å². The normalized spacial score (nSPS) is 16.4. The Morgan fingerprint density at radius 3 is 2.36 bits per heavy atom. The molecule has 0 spiro atoms. The summed E-state index contributed by atoms with van der Waals surface area (Å²) < 4.78 is 25.7. The Morgan fingerprint density at radius 2 is 1.64 bits per heavy atom. The highest BCUT2D eigenvalue weighted by Crippen LogP contribution is 2.45. The van der Waals surface area contributed by atoms with Gasteiger partial charge in [0.25, 0.3) is 11.7 Å². The number of ether oxygens (including phenoxy) is 2. The molecule has 4 aromatic rings. The standard InChI is InChI=1S/C31H23ClFNO5/c1-18-14-24(30(38-2)25(32)15-18)28(35)26-27(34(31(37)29(26)36)21-10-7-9-20(33)17-21)19-8-6-13-23(16-19)39-22-11-4-3-5-12-22/h3-17,27,35H,1-2H3/b28-26+. The number of Topliss-reactive ketones (excluding diaryl/α,β-unsaturated/α-hetero) is 1. The molecule has 1 heterocycles. The van der Waals surface area contributed by atoms with Crippen LogP contribution in [0.25, 0.3) is 5.76 Å². The van der Waals surface area contributed by atoms with E-state index in [4.69, 9.17) is 21.1 Å². The maximum absolute atomic E-state index is 14.3. The first-order valence-corrected chi connectivity index (χ1v) is 12.4.